The number of benzene rings is 1. The van der Waals surface area contributed by atoms with Crippen LogP contribution in [0.15, 0.2) is 24.3 Å². The molecular formula is C12H15FOS. The minimum Gasteiger partial charge on any atom is -0.388 e. The third kappa shape index (κ3) is 2.34. The fourth-order valence-corrected chi connectivity index (χ4v) is 3.29. The molecule has 2 atom stereocenters. The van der Waals surface area contributed by atoms with Gasteiger partial charge in [0.15, 0.2) is 0 Å². The first-order valence-electron chi connectivity index (χ1n) is 5.19. The normalized spacial score (nSPS) is 30.7. The maximum absolute atomic E-state index is 12.7. The molecule has 82 valence electrons. The number of hydrogen-bond donors (Lipinski definition) is 1. The highest BCUT2D eigenvalue weighted by molar-refractivity contribution is 8.00. The molecule has 0 spiro atoms. The van der Waals surface area contributed by atoms with E-state index in [9.17, 15) is 9.50 Å². The lowest BCUT2D eigenvalue weighted by molar-refractivity contribution is 0.0464. The molecule has 2 unspecified atom stereocenters. The van der Waals surface area contributed by atoms with Crippen molar-refractivity contribution in [1.29, 1.82) is 0 Å². The summed E-state index contributed by atoms with van der Waals surface area (Å²) in [7, 11) is 0. The molecule has 0 bridgehead atoms. The fraction of sp³-hybridized carbons (Fsp3) is 0.500. The van der Waals surface area contributed by atoms with Crippen molar-refractivity contribution in [3.05, 3.63) is 35.6 Å². The van der Waals surface area contributed by atoms with Crippen LogP contribution in [0.1, 0.15) is 18.9 Å². The third-order valence-electron chi connectivity index (χ3n) is 3.08. The van der Waals surface area contributed by atoms with Crippen molar-refractivity contribution < 1.29 is 9.50 Å². The largest absolute Gasteiger partial charge is 0.388 e. The van der Waals surface area contributed by atoms with Crippen molar-refractivity contribution in [2.24, 2.45) is 0 Å². The second kappa shape index (κ2) is 4.14. The number of aliphatic hydroxyl groups is 1. The Morgan fingerprint density at radius 2 is 2.13 bits per heavy atom. The van der Waals surface area contributed by atoms with E-state index in [1.54, 1.807) is 23.9 Å². The van der Waals surface area contributed by atoms with Crippen LogP contribution in [0.25, 0.3) is 0 Å². The Morgan fingerprint density at radius 3 is 2.67 bits per heavy atom. The number of thioether (sulfide) groups is 1. The zero-order valence-electron chi connectivity index (χ0n) is 8.74. The van der Waals surface area contributed by atoms with Crippen LogP contribution >= 0.6 is 11.8 Å². The molecule has 1 heterocycles. The smallest absolute Gasteiger partial charge is 0.123 e. The summed E-state index contributed by atoms with van der Waals surface area (Å²) in [4.78, 5) is 0. The van der Waals surface area contributed by atoms with Gasteiger partial charge in [0.2, 0.25) is 0 Å². The summed E-state index contributed by atoms with van der Waals surface area (Å²) < 4.78 is 12.7. The maximum Gasteiger partial charge on any atom is 0.123 e. The van der Waals surface area contributed by atoms with Crippen LogP contribution in [-0.4, -0.2) is 21.7 Å². The molecular weight excluding hydrogens is 211 g/mol. The van der Waals surface area contributed by atoms with Gasteiger partial charge < -0.3 is 5.11 Å². The average molecular weight is 226 g/mol. The lowest BCUT2D eigenvalue weighted by atomic mass is 9.89. The van der Waals surface area contributed by atoms with Crippen LogP contribution in [0.5, 0.6) is 0 Å². The summed E-state index contributed by atoms with van der Waals surface area (Å²) in [5, 5.41) is 10.6. The molecule has 0 aromatic heterocycles. The monoisotopic (exact) mass is 226 g/mol. The molecule has 2 rings (SSSR count). The highest BCUT2D eigenvalue weighted by Gasteiger charge is 2.38. The van der Waals surface area contributed by atoms with E-state index >= 15 is 0 Å². The molecule has 3 heteroatoms. The summed E-state index contributed by atoms with van der Waals surface area (Å²) in [5.41, 5.74) is 0.399. The molecule has 1 fully saturated rings. The lowest BCUT2D eigenvalue weighted by Gasteiger charge is -2.26. The minimum atomic E-state index is -0.609. The molecule has 0 aliphatic carbocycles. The topological polar surface area (TPSA) is 20.2 Å². The van der Waals surface area contributed by atoms with Gasteiger partial charge in [0.25, 0.3) is 0 Å². The Kier molecular flexibility index (Phi) is 3.03. The summed E-state index contributed by atoms with van der Waals surface area (Å²) in [6, 6.07) is 6.41. The van der Waals surface area contributed by atoms with Crippen molar-refractivity contribution >= 4 is 11.8 Å². The third-order valence-corrected chi connectivity index (χ3v) is 4.46. The van der Waals surface area contributed by atoms with Crippen LogP contribution in [0.2, 0.25) is 0 Å². The van der Waals surface area contributed by atoms with Crippen LogP contribution in [0, 0.1) is 5.82 Å². The van der Waals surface area contributed by atoms with Gasteiger partial charge in [0.1, 0.15) is 5.82 Å². The Balaban J connectivity index is 2.11. The predicted octanol–water partition coefficient (Wildman–Crippen LogP) is 2.62. The van der Waals surface area contributed by atoms with E-state index in [0.717, 1.165) is 17.7 Å². The highest BCUT2D eigenvalue weighted by Crippen LogP contribution is 2.37. The second-order valence-corrected chi connectivity index (χ2v) is 5.62. The van der Waals surface area contributed by atoms with Gasteiger partial charge >= 0.3 is 0 Å². The van der Waals surface area contributed by atoms with E-state index in [0.29, 0.717) is 6.42 Å². The molecule has 15 heavy (non-hydrogen) atoms. The minimum absolute atomic E-state index is 0.223. The quantitative estimate of drug-likeness (QED) is 0.836. The summed E-state index contributed by atoms with van der Waals surface area (Å²) in [6.07, 6.45) is 1.46. The average Bonchev–Trinajstić information content (AvgIpc) is 2.51. The highest BCUT2D eigenvalue weighted by atomic mass is 32.2. The van der Waals surface area contributed by atoms with E-state index in [-0.39, 0.29) is 11.1 Å². The van der Waals surface area contributed by atoms with Crippen molar-refractivity contribution in [1.82, 2.24) is 0 Å². The van der Waals surface area contributed by atoms with Gasteiger partial charge in [-0.05, 0) is 29.9 Å². The molecule has 1 N–H and O–H groups in total. The molecule has 1 nitrogen and oxygen atoms in total. The zero-order chi connectivity index (χ0) is 10.9. The molecule has 0 saturated carbocycles. The van der Waals surface area contributed by atoms with E-state index in [1.165, 1.54) is 12.1 Å². The number of halogens is 1. The molecule has 1 aliphatic heterocycles. The van der Waals surface area contributed by atoms with Crippen LogP contribution in [0.3, 0.4) is 0 Å². The Hall–Kier alpha value is -0.540. The van der Waals surface area contributed by atoms with Crippen molar-refractivity contribution in [3.8, 4) is 0 Å². The van der Waals surface area contributed by atoms with Crippen LogP contribution in [0.4, 0.5) is 4.39 Å². The summed E-state index contributed by atoms with van der Waals surface area (Å²) >= 11 is 1.80. The zero-order valence-corrected chi connectivity index (χ0v) is 9.56. The van der Waals surface area contributed by atoms with Gasteiger partial charge in [-0.2, -0.15) is 11.8 Å². The molecule has 1 aromatic carbocycles. The Morgan fingerprint density at radius 1 is 1.47 bits per heavy atom. The molecule has 0 amide bonds. The summed E-state index contributed by atoms with van der Waals surface area (Å²) in [5.74, 6) is 0.790. The lowest BCUT2D eigenvalue weighted by Crippen LogP contribution is -2.36. The molecule has 1 aromatic rings. The van der Waals surface area contributed by atoms with E-state index in [4.69, 9.17) is 0 Å². The SMILES string of the molecule is CC1SCCC1(O)Cc1ccc(F)cc1. The van der Waals surface area contributed by atoms with E-state index in [2.05, 4.69) is 6.92 Å². The first-order valence-corrected chi connectivity index (χ1v) is 6.23. The number of rotatable bonds is 2. The summed E-state index contributed by atoms with van der Waals surface area (Å²) in [6.45, 7) is 2.06. The van der Waals surface area contributed by atoms with Gasteiger partial charge in [-0.15, -0.1) is 0 Å². The molecule has 0 radical (unpaired) electrons. The maximum atomic E-state index is 12.7. The van der Waals surface area contributed by atoms with Gasteiger partial charge in [0, 0.05) is 11.7 Å². The first kappa shape index (κ1) is 11.0. The van der Waals surface area contributed by atoms with E-state index < -0.39 is 5.60 Å². The predicted molar refractivity (Wildman–Crippen MR) is 61.6 cm³/mol. The van der Waals surface area contributed by atoms with Crippen LogP contribution in [-0.2, 0) is 6.42 Å². The Labute approximate surface area is 93.7 Å². The van der Waals surface area contributed by atoms with Crippen molar-refractivity contribution in [3.63, 3.8) is 0 Å². The van der Waals surface area contributed by atoms with Gasteiger partial charge in [0.05, 0.1) is 5.60 Å². The van der Waals surface area contributed by atoms with Gasteiger partial charge in [-0.25, -0.2) is 4.39 Å². The molecule has 1 saturated heterocycles. The van der Waals surface area contributed by atoms with Crippen LogP contribution < -0.4 is 0 Å². The van der Waals surface area contributed by atoms with E-state index in [1.807, 2.05) is 0 Å². The fourth-order valence-electron chi connectivity index (χ4n) is 1.96. The molecule has 1 aliphatic rings. The second-order valence-electron chi connectivity index (χ2n) is 4.17. The van der Waals surface area contributed by atoms with Crippen molar-refractivity contribution in [2.75, 3.05) is 5.75 Å². The first-order chi connectivity index (χ1) is 7.10. The van der Waals surface area contributed by atoms with Gasteiger partial charge in [-0.3, -0.25) is 0 Å². The van der Waals surface area contributed by atoms with Crippen molar-refractivity contribution in [2.45, 2.75) is 30.6 Å². The number of hydrogen-bond acceptors (Lipinski definition) is 2. The van der Waals surface area contributed by atoms with Gasteiger partial charge in [-0.1, -0.05) is 19.1 Å². The Bertz CT molecular complexity index is 338. The standard InChI is InChI=1S/C12H15FOS/c1-9-12(14,6-7-15-9)8-10-2-4-11(13)5-3-10/h2-5,9,14H,6-8H2,1H3.